The largest absolute Gasteiger partial charge is 0.375 e. The van der Waals surface area contributed by atoms with E-state index in [1.54, 1.807) is 0 Å². The number of aromatic nitrogens is 1. The van der Waals surface area contributed by atoms with E-state index in [4.69, 9.17) is 11.5 Å². The molecule has 0 saturated heterocycles. The zero-order chi connectivity index (χ0) is 15.5. The molecule has 0 aliphatic carbocycles. The van der Waals surface area contributed by atoms with Crippen LogP contribution in [-0.2, 0) is 16.4 Å². The third kappa shape index (κ3) is 4.24. The van der Waals surface area contributed by atoms with Gasteiger partial charge in [-0.15, -0.1) is 22.7 Å². The van der Waals surface area contributed by atoms with Gasteiger partial charge in [-0.05, 0) is 18.9 Å². The normalized spacial score (nSPS) is 11.6. The lowest BCUT2D eigenvalue weighted by atomic mass is 10.2. The molecule has 0 bridgehead atoms. The van der Waals surface area contributed by atoms with Gasteiger partial charge in [-0.3, -0.25) is 4.79 Å². The summed E-state index contributed by atoms with van der Waals surface area (Å²) in [5.41, 5.74) is 11.7. The van der Waals surface area contributed by atoms with Crippen LogP contribution in [0.3, 0.4) is 0 Å². The third-order valence-electron chi connectivity index (χ3n) is 2.60. The van der Waals surface area contributed by atoms with Crippen molar-refractivity contribution in [2.45, 2.75) is 17.1 Å². The Kier molecular flexibility index (Phi) is 4.93. The molecule has 0 fully saturated rings. The van der Waals surface area contributed by atoms with Gasteiger partial charge in [-0.2, -0.15) is 0 Å². The average molecular weight is 346 g/mol. The van der Waals surface area contributed by atoms with E-state index in [2.05, 4.69) is 9.71 Å². The summed E-state index contributed by atoms with van der Waals surface area (Å²) < 4.78 is 26.6. The van der Waals surface area contributed by atoms with Gasteiger partial charge >= 0.3 is 0 Å². The minimum atomic E-state index is -3.60. The van der Waals surface area contributed by atoms with Crippen LogP contribution in [0.25, 0.3) is 0 Å². The van der Waals surface area contributed by atoms with Gasteiger partial charge in [0, 0.05) is 17.3 Å². The highest BCUT2D eigenvalue weighted by Crippen LogP contribution is 2.19. The van der Waals surface area contributed by atoms with E-state index < -0.39 is 15.9 Å². The van der Waals surface area contributed by atoms with Crippen molar-refractivity contribution in [1.82, 2.24) is 9.71 Å². The number of nitrogen functional groups attached to an aromatic ring is 1. The van der Waals surface area contributed by atoms with Gasteiger partial charge < -0.3 is 11.5 Å². The molecule has 0 atom stereocenters. The van der Waals surface area contributed by atoms with Gasteiger partial charge in [0.05, 0.1) is 11.3 Å². The molecule has 114 valence electrons. The zero-order valence-electron chi connectivity index (χ0n) is 10.9. The number of hydrogen-bond acceptors (Lipinski definition) is 7. The van der Waals surface area contributed by atoms with Crippen LogP contribution in [0.1, 0.15) is 22.5 Å². The van der Waals surface area contributed by atoms with Gasteiger partial charge in [0.2, 0.25) is 15.9 Å². The highest BCUT2D eigenvalue weighted by Gasteiger charge is 2.17. The summed E-state index contributed by atoms with van der Waals surface area (Å²) >= 11 is 2.32. The monoisotopic (exact) mass is 346 g/mol. The number of nitrogens with one attached hydrogen (secondary N) is 1. The molecular formula is C11H14N4O3S3. The van der Waals surface area contributed by atoms with E-state index in [1.165, 1.54) is 22.8 Å². The predicted molar refractivity (Wildman–Crippen MR) is 82.9 cm³/mol. The number of nitrogens with zero attached hydrogens (tertiary/aromatic N) is 1. The lowest BCUT2D eigenvalue weighted by Gasteiger charge is -2.03. The molecule has 0 saturated carbocycles. The molecule has 2 heterocycles. The molecule has 0 unspecified atom stereocenters. The van der Waals surface area contributed by atoms with E-state index in [-0.39, 0.29) is 16.3 Å². The number of thiazole rings is 1. The Hall–Kier alpha value is -1.49. The Labute approximate surface area is 130 Å². The molecule has 7 nitrogen and oxygen atoms in total. The number of primary amides is 1. The van der Waals surface area contributed by atoms with Crippen LogP contribution in [-0.4, -0.2) is 25.9 Å². The summed E-state index contributed by atoms with van der Waals surface area (Å²) in [6.45, 7) is 0.281. The second kappa shape index (κ2) is 6.52. The summed E-state index contributed by atoms with van der Waals surface area (Å²) in [6, 6.07) is 1.27. The summed E-state index contributed by atoms with van der Waals surface area (Å²) in [7, 11) is -3.60. The molecule has 0 spiro atoms. The van der Waals surface area contributed by atoms with Gasteiger partial charge in [0.15, 0.2) is 5.13 Å². The summed E-state index contributed by atoms with van der Waals surface area (Å²) in [4.78, 5) is 15.1. The molecule has 2 rings (SSSR count). The summed E-state index contributed by atoms with van der Waals surface area (Å²) in [6.07, 6.45) is 1.25. The molecule has 21 heavy (non-hydrogen) atoms. The smallest absolute Gasteiger partial charge is 0.250 e. The number of thiophene rings is 1. The van der Waals surface area contributed by atoms with Crippen LogP contribution in [0.15, 0.2) is 21.0 Å². The topological polar surface area (TPSA) is 128 Å². The Morgan fingerprint density at radius 3 is 2.67 bits per heavy atom. The van der Waals surface area contributed by atoms with Crippen LogP contribution < -0.4 is 16.2 Å². The van der Waals surface area contributed by atoms with Gasteiger partial charge in [-0.25, -0.2) is 18.1 Å². The second-order valence-corrected chi connectivity index (χ2v) is 7.99. The minimum Gasteiger partial charge on any atom is -0.375 e. The van der Waals surface area contributed by atoms with E-state index in [9.17, 15) is 13.2 Å². The quantitative estimate of drug-likeness (QED) is 0.639. The maximum absolute atomic E-state index is 12.0. The predicted octanol–water partition coefficient (Wildman–Crippen LogP) is 0.797. The third-order valence-corrected chi connectivity index (χ3v) is 6.22. The number of rotatable bonds is 7. The molecule has 0 aromatic carbocycles. The molecule has 0 radical (unpaired) electrons. The van der Waals surface area contributed by atoms with Crippen molar-refractivity contribution in [3.63, 3.8) is 0 Å². The van der Waals surface area contributed by atoms with Crippen LogP contribution in [0.2, 0.25) is 0 Å². The first-order chi connectivity index (χ1) is 9.88. The zero-order valence-corrected chi connectivity index (χ0v) is 13.4. The maximum atomic E-state index is 12.0. The highest BCUT2D eigenvalue weighted by atomic mass is 32.2. The number of nitrogens with two attached hydrogens (primary N) is 2. The van der Waals surface area contributed by atoms with E-state index in [1.807, 2.05) is 5.38 Å². The van der Waals surface area contributed by atoms with E-state index >= 15 is 0 Å². The number of amides is 1. The Morgan fingerprint density at radius 2 is 2.10 bits per heavy atom. The second-order valence-electron chi connectivity index (χ2n) is 4.20. The Bertz CT molecular complexity index is 735. The van der Waals surface area contributed by atoms with Gasteiger partial charge in [0.25, 0.3) is 0 Å². The van der Waals surface area contributed by atoms with E-state index in [0.29, 0.717) is 18.0 Å². The number of hydrogen-bond donors (Lipinski definition) is 3. The minimum absolute atomic E-state index is 0.0780. The first-order valence-electron chi connectivity index (χ1n) is 5.96. The maximum Gasteiger partial charge on any atom is 0.250 e. The van der Waals surface area contributed by atoms with Gasteiger partial charge in [0.1, 0.15) is 4.21 Å². The van der Waals surface area contributed by atoms with Crippen LogP contribution in [0.4, 0.5) is 5.13 Å². The number of carbonyl (C=O) groups is 1. The Morgan fingerprint density at radius 1 is 1.33 bits per heavy atom. The first-order valence-corrected chi connectivity index (χ1v) is 9.20. The Balaban J connectivity index is 1.87. The van der Waals surface area contributed by atoms with Crippen LogP contribution >= 0.6 is 22.7 Å². The van der Waals surface area contributed by atoms with E-state index in [0.717, 1.165) is 17.0 Å². The first kappa shape index (κ1) is 15.9. The number of aryl methyl sites for hydroxylation is 1. The molecular weight excluding hydrogens is 332 g/mol. The molecule has 2 aromatic rings. The SMILES string of the molecule is NC(=O)c1csc(S(=O)(=O)NCCCc2csc(N)n2)c1. The van der Waals surface area contributed by atoms with Crippen molar-refractivity contribution in [1.29, 1.82) is 0 Å². The lowest BCUT2D eigenvalue weighted by Crippen LogP contribution is -2.24. The van der Waals surface area contributed by atoms with Crippen LogP contribution in [0, 0.1) is 0 Å². The molecule has 0 aliphatic rings. The summed E-state index contributed by atoms with van der Waals surface area (Å²) in [5, 5.41) is 3.78. The molecule has 10 heteroatoms. The van der Waals surface area contributed by atoms with Crippen molar-refractivity contribution in [2.75, 3.05) is 12.3 Å². The highest BCUT2D eigenvalue weighted by molar-refractivity contribution is 7.91. The van der Waals surface area contributed by atoms with Crippen molar-refractivity contribution in [3.05, 3.63) is 28.1 Å². The fourth-order valence-electron chi connectivity index (χ4n) is 1.57. The van der Waals surface area contributed by atoms with Crippen LogP contribution in [0.5, 0.6) is 0 Å². The number of carbonyl (C=O) groups excluding carboxylic acids is 1. The fourth-order valence-corrected chi connectivity index (χ4v) is 4.46. The number of anilines is 1. The van der Waals surface area contributed by atoms with Crippen molar-refractivity contribution in [2.24, 2.45) is 5.73 Å². The average Bonchev–Trinajstić information content (AvgIpc) is 3.04. The standard InChI is InChI=1S/C11H14N4O3S3/c12-10(16)7-4-9(19-5-7)21(17,18)14-3-1-2-8-6-20-11(13)15-8/h4-6,14H,1-3H2,(H2,12,16)(H2,13,15). The molecule has 5 N–H and O–H groups in total. The van der Waals surface area contributed by atoms with Crippen molar-refractivity contribution >= 4 is 43.7 Å². The lowest BCUT2D eigenvalue weighted by molar-refractivity contribution is 0.100. The molecule has 2 aromatic heterocycles. The summed E-state index contributed by atoms with van der Waals surface area (Å²) in [5.74, 6) is -0.645. The van der Waals surface area contributed by atoms with Crippen molar-refractivity contribution < 1.29 is 13.2 Å². The van der Waals surface area contributed by atoms with Gasteiger partial charge in [-0.1, -0.05) is 0 Å². The fraction of sp³-hybridized carbons (Fsp3) is 0.273. The molecule has 0 aliphatic heterocycles. The van der Waals surface area contributed by atoms with Crippen molar-refractivity contribution in [3.8, 4) is 0 Å². The number of sulfonamides is 1. The molecule has 1 amide bonds.